The van der Waals surface area contributed by atoms with Crippen LogP contribution in [-0.4, -0.2) is 17.7 Å². The van der Waals surface area contributed by atoms with Crippen molar-refractivity contribution in [3.05, 3.63) is 29.8 Å². The Balaban J connectivity index is 2.71. The van der Waals surface area contributed by atoms with Crippen LogP contribution in [0.4, 0.5) is 8.78 Å². The van der Waals surface area contributed by atoms with E-state index in [4.69, 9.17) is 5.11 Å². The summed E-state index contributed by atoms with van der Waals surface area (Å²) in [4.78, 5) is 10.0. The van der Waals surface area contributed by atoms with Gasteiger partial charge in [-0.15, -0.1) is 0 Å². The van der Waals surface area contributed by atoms with E-state index in [0.29, 0.717) is 6.07 Å². The Morgan fingerprint density at radius 2 is 1.85 bits per heavy atom. The Labute approximate surface area is 72.6 Å². The fourth-order valence-electron chi connectivity index (χ4n) is 0.757. The van der Waals surface area contributed by atoms with Gasteiger partial charge in [-0.2, -0.15) is 0 Å². The number of ether oxygens (including phenoxy) is 1. The lowest BCUT2D eigenvalue weighted by Gasteiger charge is -2.02. The molecular formula is C8H6F2O3. The van der Waals surface area contributed by atoms with E-state index < -0.39 is 24.2 Å². The van der Waals surface area contributed by atoms with Crippen LogP contribution in [0.3, 0.4) is 0 Å². The Kier molecular flexibility index (Phi) is 2.79. The summed E-state index contributed by atoms with van der Waals surface area (Å²) in [7, 11) is 0. The molecule has 1 rings (SSSR count). The highest BCUT2D eigenvalue weighted by molar-refractivity contribution is 5.68. The second-order valence-corrected chi connectivity index (χ2v) is 2.29. The summed E-state index contributed by atoms with van der Waals surface area (Å²) in [6.45, 7) is -0.622. The SMILES string of the molecule is O=C(O)COc1cc(F)cc(F)c1. The van der Waals surface area contributed by atoms with Gasteiger partial charge < -0.3 is 9.84 Å². The van der Waals surface area contributed by atoms with Gasteiger partial charge in [0.25, 0.3) is 0 Å². The van der Waals surface area contributed by atoms with Crippen LogP contribution in [0.1, 0.15) is 0 Å². The molecule has 0 saturated heterocycles. The fourth-order valence-corrected chi connectivity index (χ4v) is 0.757. The summed E-state index contributed by atoms with van der Waals surface area (Å²) in [5.74, 6) is -2.95. The second kappa shape index (κ2) is 3.84. The first kappa shape index (κ1) is 9.44. The van der Waals surface area contributed by atoms with Gasteiger partial charge in [0.2, 0.25) is 0 Å². The van der Waals surface area contributed by atoms with E-state index in [0.717, 1.165) is 12.1 Å². The van der Waals surface area contributed by atoms with E-state index in [1.165, 1.54) is 0 Å². The van der Waals surface area contributed by atoms with Gasteiger partial charge in [0, 0.05) is 18.2 Å². The zero-order chi connectivity index (χ0) is 9.84. The van der Waals surface area contributed by atoms with Crippen LogP contribution in [-0.2, 0) is 4.79 Å². The molecule has 0 aromatic heterocycles. The summed E-state index contributed by atoms with van der Waals surface area (Å²) in [5, 5.41) is 8.20. The van der Waals surface area contributed by atoms with Crippen molar-refractivity contribution in [2.75, 3.05) is 6.61 Å². The maximum atomic E-state index is 12.5. The molecule has 0 bridgehead atoms. The predicted octanol–water partition coefficient (Wildman–Crippen LogP) is 1.43. The van der Waals surface area contributed by atoms with E-state index in [2.05, 4.69) is 4.74 Å². The first-order chi connectivity index (χ1) is 6.08. The largest absolute Gasteiger partial charge is 0.482 e. The monoisotopic (exact) mass is 188 g/mol. The van der Waals surface area contributed by atoms with Crippen molar-refractivity contribution in [3.63, 3.8) is 0 Å². The van der Waals surface area contributed by atoms with Gasteiger partial charge in [0.15, 0.2) is 6.61 Å². The van der Waals surface area contributed by atoms with E-state index in [-0.39, 0.29) is 5.75 Å². The lowest BCUT2D eigenvalue weighted by Crippen LogP contribution is -2.09. The van der Waals surface area contributed by atoms with Crippen LogP contribution in [0.2, 0.25) is 0 Å². The molecule has 0 atom stereocenters. The number of rotatable bonds is 3. The highest BCUT2D eigenvalue weighted by atomic mass is 19.1. The Hall–Kier alpha value is -1.65. The minimum atomic E-state index is -1.20. The smallest absolute Gasteiger partial charge is 0.341 e. The van der Waals surface area contributed by atoms with Gasteiger partial charge in [-0.1, -0.05) is 0 Å². The zero-order valence-corrected chi connectivity index (χ0v) is 6.46. The van der Waals surface area contributed by atoms with Crippen molar-refractivity contribution >= 4 is 5.97 Å². The molecule has 0 amide bonds. The third-order valence-corrected chi connectivity index (χ3v) is 1.20. The molecule has 0 radical (unpaired) electrons. The Morgan fingerprint density at radius 3 is 2.31 bits per heavy atom. The van der Waals surface area contributed by atoms with Crippen LogP contribution in [0.5, 0.6) is 5.75 Å². The summed E-state index contributed by atoms with van der Waals surface area (Å²) in [6.07, 6.45) is 0. The molecule has 0 saturated carbocycles. The Morgan fingerprint density at radius 1 is 1.31 bits per heavy atom. The number of carbonyl (C=O) groups is 1. The number of carboxylic acid groups (broad SMARTS) is 1. The number of benzene rings is 1. The number of hydrogen-bond acceptors (Lipinski definition) is 2. The minimum absolute atomic E-state index is 0.139. The first-order valence-electron chi connectivity index (χ1n) is 3.38. The van der Waals surface area contributed by atoms with Gasteiger partial charge in [-0.25, -0.2) is 13.6 Å². The van der Waals surface area contributed by atoms with Gasteiger partial charge in [-0.3, -0.25) is 0 Å². The van der Waals surface area contributed by atoms with Crippen LogP contribution < -0.4 is 4.74 Å². The van der Waals surface area contributed by atoms with Crippen molar-refractivity contribution in [2.24, 2.45) is 0 Å². The van der Waals surface area contributed by atoms with Gasteiger partial charge in [0.1, 0.15) is 17.4 Å². The average Bonchev–Trinajstić information content (AvgIpc) is 1.99. The van der Waals surface area contributed by atoms with Crippen LogP contribution in [0.15, 0.2) is 18.2 Å². The molecular weight excluding hydrogens is 182 g/mol. The first-order valence-corrected chi connectivity index (χ1v) is 3.38. The van der Waals surface area contributed by atoms with Crippen molar-refractivity contribution in [3.8, 4) is 5.75 Å². The normalized spacial score (nSPS) is 9.69. The lowest BCUT2D eigenvalue weighted by molar-refractivity contribution is -0.139. The average molecular weight is 188 g/mol. The van der Waals surface area contributed by atoms with Crippen molar-refractivity contribution in [1.82, 2.24) is 0 Å². The molecule has 0 fully saturated rings. The molecule has 0 aliphatic rings. The zero-order valence-electron chi connectivity index (χ0n) is 6.46. The summed E-state index contributed by atoms with van der Waals surface area (Å²) in [6, 6.07) is 2.49. The topological polar surface area (TPSA) is 46.5 Å². The molecule has 0 unspecified atom stereocenters. The maximum absolute atomic E-state index is 12.5. The molecule has 13 heavy (non-hydrogen) atoms. The highest BCUT2D eigenvalue weighted by Crippen LogP contribution is 2.14. The molecule has 0 aliphatic carbocycles. The molecule has 1 aromatic carbocycles. The standard InChI is InChI=1S/C8H6F2O3/c9-5-1-6(10)3-7(2-5)13-4-8(11)12/h1-3H,4H2,(H,11,12). The van der Waals surface area contributed by atoms with E-state index >= 15 is 0 Å². The molecule has 70 valence electrons. The van der Waals surface area contributed by atoms with Gasteiger partial charge >= 0.3 is 5.97 Å². The van der Waals surface area contributed by atoms with Gasteiger partial charge in [0.05, 0.1) is 0 Å². The summed E-state index contributed by atoms with van der Waals surface area (Å²) < 4.78 is 29.5. The molecule has 1 aromatic rings. The molecule has 0 spiro atoms. The number of carboxylic acids is 1. The minimum Gasteiger partial charge on any atom is -0.482 e. The second-order valence-electron chi connectivity index (χ2n) is 2.29. The third kappa shape index (κ3) is 3.06. The molecule has 3 nitrogen and oxygen atoms in total. The number of hydrogen-bond donors (Lipinski definition) is 1. The Bertz CT molecular complexity index is 305. The molecule has 5 heteroatoms. The molecule has 1 N–H and O–H groups in total. The molecule has 0 heterocycles. The van der Waals surface area contributed by atoms with Crippen LogP contribution in [0, 0.1) is 11.6 Å². The highest BCUT2D eigenvalue weighted by Gasteiger charge is 2.03. The fraction of sp³-hybridized carbons (Fsp3) is 0.125. The van der Waals surface area contributed by atoms with Gasteiger partial charge in [-0.05, 0) is 0 Å². The summed E-state index contributed by atoms with van der Waals surface area (Å²) in [5.41, 5.74) is 0. The maximum Gasteiger partial charge on any atom is 0.341 e. The predicted molar refractivity (Wildman–Crippen MR) is 39.5 cm³/mol. The summed E-state index contributed by atoms with van der Waals surface area (Å²) >= 11 is 0. The van der Waals surface area contributed by atoms with Crippen LogP contribution >= 0.6 is 0 Å². The van der Waals surface area contributed by atoms with E-state index in [1.807, 2.05) is 0 Å². The lowest BCUT2D eigenvalue weighted by atomic mass is 10.3. The van der Waals surface area contributed by atoms with Crippen molar-refractivity contribution in [2.45, 2.75) is 0 Å². The van der Waals surface area contributed by atoms with Crippen LogP contribution in [0.25, 0.3) is 0 Å². The number of halogens is 2. The number of aliphatic carboxylic acids is 1. The van der Waals surface area contributed by atoms with E-state index in [1.54, 1.807) is 0 Å². The van der Waals surface area contributed by atoms with E-state index in [9.17, 15) is 13.6 Å². The van der Waals surface area contributed by atoms with Crippen molar-refractivity contribution in [1.29, 1.82) is 0 Å². The molecule has 0 aliphatic heterocycles. The quantitative estimate of drug-likeness (QED) is 0.780. The third-order valence-electron chi connectivity index (χ3n) is 1.20. The van der Waals surface area contributed by atoms with Crippen molar-refractivity contribution < 1.29 is 23.4 Å².